The van der Waals surface area contributed by atoms with Crippen molar-refractivity contribution in [2.45, 2.75) is 19.9 Å². The van der Waals surface area contributed by atoms with Crippen molar-refractivity contribution >= 4 is 5.91 Å². The topological polar surface area (TPSA) is 67.8 Å². The third kappa shape index (κ3) is 3.86. The number of hydrogen-bond donors (Lipinski definition) is 2. The Morgan fingerprint density at radius 1 is 1.37 bits per heavy atom. The average molecular weight is 267 g/mol. The molecule has 1 rings (SSSR count). The van der Waals surface area contributed by atoms with E-state index in [0.29, 0.717) is 6.61 Å². The van der Waals surface area contributed by atoms with E-state index < -0.39 is 0 Å². The third-order valence-electron chi connectivity index (χ3n) is 2.93. The first kappa shape index (κ1) is 15.3. The Morgan fingerprint density at radius 3 is 2.58 bits per heavy atom. The fraction of sp³-hybridized carbons (Fsp3) is 0.500. The van der Waals surface area contributed by atoms with Gasteiger partial charge in [0, 0.05) is 7.11 Å². The van der Waals surface area contributed by atoms with Gasteiger partial charge in [0.2, 0.25) is 0 Å². The summed E-state index contributed by atoms with van der Waals surface area (Å²) >= 11 is 0. The molecule has 0 fully saturated rings. The molecule has 0 saturated heterocycles. The van der Waals surface area contributed by atoms with Crippen LogP contribution < -0.4 is 10.1 Å². The van der Waals surface area contributed by atoms with Gasteiger partial charge in [-0.05, 0) is 18.1 Å². The Kier molecular flexibility index (Phi) is 5.63. The molecule has 2 N–H and O–H groups in total. The first-order chi connectivity index (χ1) is 9.01. The second kappa shape index (κ2) is 6.99. The minimum absolute atomic E-state index is 0.108. The van der Waals surface area contributed by atoms with E-state index in [2.05, 4.69) is 5.32 Å². The monoisotopic (exact) mass is 267 g/mol. The lowest BCUT2D eigenvalue weighted by Gasteiger charge is -2.21. The number of benzene rings is 1. The smallest absolute Gasteiger partial charge is 0.255 e. The Morgan fingerprint density at radius 2 is 2.05 bits per heavy atom. The fourth-order valence-electron chi connectivity index (χ4n) is 1.70. The van der Waals surface area contributed by atoms with Gasteiger partial charge < -0.3 is 19.9 Å². The Labute approximate surface area is 113 Å². The molecule has 0 aliphatic heterocycles. The van der Waals surface area contributed by atoms with Gasteiger partial charge in [0.1, 0.15) is 0 Å². The molecule has 0 aliphatic carbocycles. The van der Waals surface area contributed by atoms with E-state index in [0.717, 1.165) is 0 Å². The summed E-state index contributed by atoms with van der Waals surface area (Å²) in [5.41, 5.74) is 0.195. The van der Waals surface area contributed by atoms with Gasteiger partial charge in [-0.3, -0.25) is 4.79 Å². The normalized spacial score (nSPS) is 12.3. The lowest BCUT2D eigenvalue weighted by molar-refractivity contribution is 0.0863. The third-order valence-corrected chi connectivity index (χ3v) is 2.93. The van der Waals surface area contributed by atoms with Crippen molar-refractivity contribution in [1.29, 1.82) is 0 Å². The van der Waals surface area contributed by atoms with Crippen LogP contribution in [0.4, 0.5) is 0 Å². The molecule has 5 nitrogen and oxygen atoms in total. The Balaban J connectivity index is 2.88. The van der Waals surface area contributed by atoms with E-state index >= 15 is 0 Å². The molecule has 0 aromatic heterocycles. The van der Waals surface area contributed by atoms with Gasteiger partial charge in [-0.25, -0.2) is 0 Å². The molecule has 0 spiro atoms. The summed E-state index contributed by atoms with van der Waals surface area (Å²) in [6.45, 7) is 4.42. The van der Waals surface area contributed by atoms with E-state index in [-0.39, 0.29) is 34.9 Å². The average Bonchev–Trinajstić information content (AvgIpc) is 2.38. The lowest BCUT2D eigenvalue weighted by Crippen LogP contribution is -2.41. The van der Waals surface area contributed by atoms with Crippen LogP contribution in [0.1, 0.15) is 24.2 Å². The number of aromatic hydroxyl groups is 1. The number of nitrogens with one attached hydrogen (secondary N) is 1. The Bertz CT molecular complexity index is 431. The summed E-state index contributed by atoms with van der Waals surface area (Å²) < 4.78 is 10.1. The highest BCUT2D eigenvalue weighted by Gasteiger charge is 2.20. The van der Waals surface area contributed by atoms with Crippen molar-refractivity contribution in [2.24, 2.45) is 5.92 Å². The zero-order valence-corrected chi connectivity index (χ0v) is 11.8. The molecule has 0 heterocycles. The number of carbonyl (C=O) groups is 1. The van der Waals surface area contributed by atoms with Crippen molar-refractivity contribution in [1.82, 2.24) is 5.32 Å². The molecule has 0 saturated carbocycles. The van der Waals surface area contributed by atoms with Crippen LogP contribution in [0.2, 0.25) is 0 Å². The molecule has 1 aromatic rings. The maximum absolute atomic E-state index is 12.1. The molecular formula is C14H21NO4. The quantitative estimate of drug-likeness (QED) is 0.824. The molecule has 1 unspecified atom stereocenters. The number of phenolic OH excluding ortho intramolecular Hbond substituents is 1. The van der Waals surface area contributed by atoms with Crippen LogP contribution >= 0.6 is 0 Å². The number of para-hydroxylation sites is 1. The minimum atomic E-state index is -0.341. The molecule has 0 radical (unpaired) electrons. The van der Waals surface area contributed by atoms with Crippen LogP contribution in [0.25, 0.3) is 0 Å². The lowest BCUT2D eigenvalue weighted by atomic mass is 10.0. The zero-order valence-electron chi connectivity index (χ0n) is 11.8. The number of hydrogen-bond acceptors (Lipinski definition) is 4. The largest absolute Gasteiger partial charge is 0.504 e. The van der Waals surface area contributed by atoms with Crippen LogP contribution in [0.3, 0.4) is 0 Å². The molecule has 106 valence electrons. The first-order valence-corrected chi connectivity index (χ1v) is 6.17. The summed E-state index contributed by atoms with van der Waals surface area (Å²) in [4.78, 5) is 12.1. The highest BCUT2D eigenvalue weighted by Crippen LogP contribution is 2.29. The molecule has 0 aliphatic rings. The van der Waals surface area contributed by atoms with E-state index in [4.69, 9.17) is 9.47 Å². The second-order valence-electron chi connectivity index (χ2n) is 4.64. The van der Waals surface area contributed by atoms with E-state index in [1.54, 1.807) is 25.3 Å². The standard InChI is InChI=1S/C14H21NO4/c1-9(2)11(8-18-3)15-14(17)10-6-5-7-12(19-4)13(10)16/h5-7,9,11,16H,8H2,1-4H3,(H,15,17). The van der Waals surface area contributed by atoms with Crippen LogP contribution in [-0.2, 0) is 4.74 Å². The van der Waals surface area contributed by atoms with Gasteiger partial charge >= 0.3 is 0 Å². The van der Waals surface area contributed by atoms with Crippen molar-refractivity contribution in [3.05, 3.63) is 23.8 Å². The van der Waals surface area contributed by atoms with E-state index in [9.17, 15) is 9.90 Å². The van der Waals surface area contributed by atoms with Crippen LogP contribution in [-0.4, -0.2) is 37.9 Å². The zero-order chi connectivity index (χ0) is 14.4. The molecule has 1 aromatic carbocycles. The van der Waals surface area contributed by atoms with Gasteiger partial charge in [-0.1, -0.05) is 19.9 Å². The van der Waals surface area contributed by atoms with Crippen LogP contribution in [0.15, 0.2) is 18.2 Å². The van der Waals surface area contributed by atoms with Gasteiger partial charge in [0.25, 0.3) is 5.91 Å². The van der Waals surface area contributed by atoms with Crippen molar-refractivity contribution in [3.63, 3.8) is 0 Å². The summed E-state index contributed by atoms with van der Waals surface area (Å²) in [6.07, 6.45) is 0. The van der Waals surface area contributed by atoms with Crippen molar-refractivity contribution < 1.29 is 19.4 Å². The van der Waals surface area contributed by atoms with Crippen LogP contribution in [0, 0.1) is 5.92 Å². The van der Waals surface area contributed by atoms with Crippen LogP contribution in [0.5, 0.6) is 11.5 Å². The molecule has 0 bridgehead atoms. The van der Waals surface area contributed by atoms with Crippen molar-refractivity contribution in [3.8, 4) is 11.5 Å². The number of amides is 1. The van der Waals surface area contributed by atoms with Gasteiger partial charge in [0.15, 0.2) is 11.5 Å². The Hall–Kier alpha value is -1.75. The molecule has 5 heteroatoms. The molecule has 19 heavy (non-hydrogen) atoms. The number of rotatable bonds is 6. The van der Waals surface area contributed by atoms with Crippen molar-refractivity contribution in [2.75, 3.05) is 20.8 Å². The number of methoxy groups -OCH3 is 2. The molecule has 1 amide bonds. The maximum Gasteiger partial charge on any atom is 0.255 e. The summed E-state index contributed by atoms with van der Waals surface area (Å²) in [5.74, 6) is 0.0201. The van der Waals surface area contributed by atoms with Gasteiger partial charge in [-0.2, -0.15) is 0 Å². The summed E-state index contributed by atoms with van der Waals surface area (Å²) in [7, 11) is 3.03. The predicted molar refractivity (Wildman–Crippen MR) is 72.6 cm³/mol. The van der Waals surface area contributed by atoms with Gasteiger partial charge in [0.05, 0.1) is 25.3 Å². The highest BCUT2D eigenvalue weighted by atomic mass is 16.5. The molecular weight excluding hydrogens is 246 g/mol. The predicted octanol–water partition coefficient (Wildman–Crippen LogP) is 1.80. The number of phenols is 1. The number of carbonyl (C=O) groups excluding carboxylic acids is 1. The summed E-state index contributed by atoms with van der Waals surface area (Å²) in [6, 6.07) is 4.70. The molecule has 1 atom stereocenters. The maximum atomic E-state index is 12.1. The van der Waals surface area contributed by atoms with E-state index in [1.165, 1.54) is 7.11 Å². The SMILES string of the molecule is COCC(NC(=O)c1cccc(OC)c1O)C(C)C. The van der Waals surface area contributed by atoms with Gasteiger partial charge in [-0.15, -0.1) is 0 Å². The second-order valence-corrected chi connectivity index (χ2v) is 4.64. The van der Waals surface area contributed by atoms with E-state index in [1.807, 2.05) is 13.8 Å². The fourth-order valence-corrected chi connectivity index (χ4v) is 1.70. The number of ether oxygens (including phenoxy) is 2. The first-order valence-electron chi connectivity index (χ1n) is 6.17. The highest BCUT2D eigenvalue weighted by molar-refractivity contribution is 5.97. The minimum Gasteiger partial charge on any atom is -0.504 e. The summed E-state index contributed by atoms with van der Waals surface area (Å²) in [5, 5.41) is 12.8.